The number of sulfonamides is 1. The number of hydrogen-bond acceptors (Lipinski definition) is 14. The van der Waals surface area contributed by atoms with Gasteiger partial charge in [-0.2, -0.15) is 0 Å². The van der Waals surface area contributed by atoms with Crippen LogP contribution in [-0.4, -0.2) is 46.8 Å². The van der Waals surface area contributed by atoms with Gasteiger partial charge >= 0.3 is 0 Å². The Morgan fingerprint density at radius 2 is 1.55 bits per heavy atom. The molecule has 0 spiro atoms. The Hall–Kier alpha value is -3.46. The van der Waals surface area contributed by atoms with Crippen molar-refractivity contribution in [3.05, 3.63) is 60.2 Å². The van der Waals surface area contributed by atoms with Gasteiger partial charge in [-0.25, -0.2) is 13.3 Å². The van der Waals surface area contributed by atoms with Crippen LogP contribution in [-0.2, 0) is 59.3 Å². The third-order valence-electron chi connectivity index (χ3n) is 3.85. The van der Waals surface area contributed by atoms with Crippen LogP contribution in [0, 0.1) is 0 Å². The summed E-state index contributed by atoms with van der Waals surface area (Å²) in [5, 5.41) is 23.9. The van der Waals surface area contributed by atoms with Crippen molar-refractivity contribution in [1.29, 1.82) is 0 Å². The number of methoxy groups -OCH3 is 1. The number of nitrogens with one attached hydrogen (secondary N) is 4. The van der Waals surface area contributed by atoms with E-state index in [0.717, 1.165) is 18.0 Å². The van der Waals surface area contributed by atoms with Crippen molar-refractivity contribution in [2.45, 2.75) is 4.90 Å². The first-order valence-corrected chi connectivity index (χ1v) is 12.8. The van der Waals surface area contributed by atoms with E-state index in [-0.39, 0.29) is 29.8 Å². The second-order valence-electron chi connectivity index (χ2n) is 6.48. The molecule has 0 aliphatic carbocycles. The highest BCUT2D eigenvalue weighted by Gasteiger charge is 2.14. The molecule has 2 amide bonds. The SMILES string of the molecule is COCCOOOOOOO/C=C/SCC(=O)Nc1ccc(S(=O)(=O)Nc2ccc(NNC=O)cc2)cc1. The first kappa shape index (κ1) is 30.8. The summed E-state index contributed by atoms with van der Waals surface area (Å²) >= 11 is 1.06. The lowest BCUT2D eigenvalue weighted by Crippen LogP contribution is -2.18. The van der Waals surface area contributed by atoms with Gasteiger partial charge in [-0.1, -0.05) is 0 Å². The highest BCUT2D eigenvalue weighted by molar-refractivity contribution is 8.02. The van der Waals surface area contributed by atoms with Gasteiger partial charge in [-0.15, -0.1) is 11.8 Å². The van der Waals surface area contributed by atoms with Crippen LogP contribution in [0.3, 0.4) is 0 Å². The molecule has 2 aromatic rings. The highest BCUT2D eigenvalue weighted by Crippen LogP contribution is 2.20. The summed E-state index contributed by atoms with van der Waals surface area (Å²) in [5.74, 6) is -0.340. The zero-order chi connectivity index (χ0) is 27.5. The van der Waals surface area contributed by atoms with Crippen LogP contribution in [0.1, 0.15) is 0 Å². The lowest BCUT2D eigenvalue weighted by Gasteiger charge is -2.10. The van der Waals surface area contributed by atoms with Crippen molar-refractivity contribution in [3.63, 3.8) is 0 Å². The summed E-state index contributed by atoms with van der Waals surface area (Å²) in [6.07, 6.45) is 1.52. The largest absolute Gasteiger partial charge is 0.382 e. The van der Waals surface area contributed by atoms with Crippen molar-refractivity contribution in [1.82, 2.24) is 5.43 Å². The van der Waals surface area contributed by atoms with E-state index in [1.54, 1.807) is 12.1 Å². The predicted molar refractivity (Wildman–Crippen MR) is 131 cm³/mol. The number of rotatable bonds is 20. The minimum atomic E-state index is -3.86. The second kappa shape index (κ2) is 17.9. The molecular formula is C20H24N4O12S2. The van der Waals surface area contributed by atoms with Crippen LogP contribution in [0.4, 0.5) is 17.1 Å². The summed E-state index contributed by atoms with van der Waals surface area (Å²) in [5.41, 5.74) is 6.16. The van der Waals surface area contributed by atoms with Gasteiger partial charge in [0, 0.05) is 39.0 Å². The van der Waals surface area contributed by atoms with E-state index in [1.807, 2.05) is 0 Å². The smallest absolute Gasteiger partial charge is 0.261 e. The molecule has 0 bridgehead atoms. The van der Waals surface area contributed by atoms with Crippen LogP contribution < -0.4 is 20.9 Å². The number of hydrazine groups is 1. The molecular weight excluding hydrogens is 552 g/mol. The van der Waals surface area contributed by atoms with E-state index in [4.69, 9.17) is 0 Å². The van der Waals surface area contributed by atoms with Gasteiger partial charge in [0.25, 0.3) is 10.0 Å². The molecule has 0 fully saturated rings. The molecule has 208 valence electrons. The Bertz CT molecular complexity index is 1100. The number of benzene rings is 2. The maximum atomic E-state index is 12.6. The first-order chi connectivity index (χ1) is 18.4. The highest BCUT2D eigenvalue weighted by atomic mass is 32.2. The van der Waals surface area contributed by atoms with Crippen molar-refractivity contribution < 1.29 is 57.7 Å². The molecule has 2 rings (SSSR count). The normalized spacial score (nSPS) is 11.2. The average molecular weight is 577 g/mol. The molecule has 0 aliphatic heterocycles. The third-order valence-corrected chi connectivity index (χ3v) is 5.98. The van der Waals surface area contributed by atoms with E-state index < -0.39 is 10.0 Å². The Labute approximate surface area is 221 Å². The summed E-state index contributed by atoms with van der Waals surface area (Å²) in [4.78, 5) is 31.2. The molecule has 0 heterocycles. The van der Waals surface area contributed by atoms with E-state index in [1.165, 1.54) is 48.9 Å². The van der Waals surface area contributed by atoms with Gasteiger partial charge in [0.1, 0.15) is 12.9 Å². The summed E-state index contributed by atoms with van der Waals surface area (Å²) in [6, 6.07) is 11.8. The maximum absolute atomic E-state index is 12.6. The molecule has 0 radical (unpaired) electrons. The maximum Gasteiger partial charge on any atom is 0.261 e. The number of carbonyl (C=O) groups excluding carboxylic acids is 2. The fourth-order valence-corrected chi connectivity index (χ4v) is 3.79. The van der Waals surface area contributed by atoms with Crippen LogP contribution in [0.2, 0.25) is 0 Å². The zero-order valence-electron chi connectivity index (χ0n) is 19.7. The average Bonchev–Trinajstić information content (AvgIpc) is 2.91. The van der Waals surface area contributed by atoms with Crippen LogP contribution in [0.15, 0.2) is 65.1 Å². The fraction of sp³-hybridized carbons (Fsp3) is 0.200. The van der Waals surface area contributed by atoms with Gasteiger partial charge < -0.3 is 14.9 Å². The minimum absolute atomic E-state index is 0.00319. The van der Waals surface area contributed by atoms with E-state index in [9.17, 15) is 18.0 Å². The van der Waals surface area contributed by atoms with Crippen molar-refractivity contribution >= 4 is 51.2 Å². The molecule has 4 N–H and O–H groups in total. The van der Waals surface area contributed by atoms with E-state index in [2.05, 4.69) is 60.6 Å². The van der Waals surface area contributed by atoms with Crippen LogP contribution in [0.25, 0.3) is 0 Å². The molecule has 0 saturated heterocycles. The quantitative estimate of drug-likeness (QED) is 0.0588. The van der Waals surface area contributed by atoms with Crippen molar-refractivity contribution in [2.75, 3.05) is 41.5 Å². The Morgan fingerprint density at radius 1 is 0.895 bits per heavy atom. The third kappa shape index (κ3) is 12.7. The number of ether oxygens (including phenoxy) is 1. The van der Waals surface area contributed by atoms with Crippen molar-refractivity contribution in [2.24, 2.45) is 0 Å². The standard InChI is InChI=1S/C20H24N4O12S2/c1-29-10-11-30-32-34-36-35-33-31-12-13-37-14-20(26)22-16-6-8-19(9-7-16)38(27,28)24-18-4-2-17(3-5-18)23-21-15-25/h2-9,12-13,15,23-24H,10-11,14H2,1H3,(H,21,25)(H,22,26)/b13-12+. The zero-order valence-corrected chi connectivity index (χ0v) is 21.3. The summed E-state index contributed by atoms with van der Waals surface area (Å²) < 4.78 is 32.3. The van der Waals surface area contributed by atoms with Crippen LogP contribution in [0.5, 0.6) is 0 Å². The first-order valence-electron chi connectivity index (χ1n) is 10.3. The van der Waals surface area contributed by atoms with Crippen molar-refractivity contribution in [3.8, 4) is 0 Å². The number of carbonyl (C=O) groups is 2. The summed E-state index contributed by atoms with van der Waals surface area (Å²) in [7, 11) is -2.39. The number of hydrogen-bond donors (Lipinski definition) is 4. The molecule has 0 aromatic heterocycles. The topological polar surface area (TPSA) is 190 Å². The Balaban J connectivity index is 1.65. The molecule has 38 heavy (non-hydrogen) atoms. The lowest BCUT2D eigenvalue weighted by atomic mass is 10.3. The molecule has 0 saturated carbocycles. The van der Waals surface area contributed by atoms with E-state index >= 15 is 0 Å². The molecule has 0 aliphatic rings. The second-order valence-corrected chi connectivity index (χ2v) is 9.05. The molecule has 0 atom stereocenters. The summed E-state index contributed by atoms with van der Waals surface area (Å²) in [6.45, 7) is 0.367. The molecule has 2 aromatic carbocycles. The predicted octanol–water partition coefficient (Wildman–Crippen LogP) is 1.96. The fourth-order valence-electron chi connectivity index (χ4n) is 2.29. The van der Waals surface area contributed by atoms with Gasteiger partial charge in [0.05, 0.1) is 22.9 Å². The Morgan fingerprint density at radius 3 is 2.26 bits per heavy atom. The van der Waals surface area contributed by atoms with Crippen LogP contribution >= 0.6 is 11.8 Å². The minimum Gasteiger partial charge on any atom is -0.382 e. The number of thioether (sulfide) groups is 1. The number of amides is 2. The molecule has 18 heteroatoms. The van der Waals surface area contributed by atoms with Gasteiger partial charge in [-0.3, -0.25) is 25.2 Å². The van der Waals surface area contributed by atoms with E-state index in [0.29, 0.717) is 23.5 Å². The van der Waals surface area contributed by atoms with Gasteiger partial charge in [-0.05, 0) is 58.6 Å². The molecule has 0 unspecified atom stereocenters. The molecule has 16 nitrogen and oxygen atoms in total. The van der Waals surface area contributed by atoms with Gasteiger partial charge in [0.15, 0.2) is 0 Å². The lowest BCUT2D eigenvalue weighted by molar-refractivity contribution is -0.786. The monoisotopic (exact) mass is 576 g/mol. The van der Waals surface area contributed by atoms with Gasteiger partial charge in [0.2, 0.25) is 12.3 Å². The number of anilines is 3. The Kier molecular flexibility index (Phi) is 14.5.